The van der Waals surface area contributed by atoms with Gasteiger partial charge in [-0.3, -0.25) is 0 Å². The van der Waals surface area contributed by atoms with Gasteiger partial charge < -0.3 is 4.90 Å². The van der Waals surface area contributed by atoms with Gasteiger partial charge in [0, 0.05) is 30.9 Å². The molecule has 0 atom stereocenters. The molecular weight excluding hydrogens is 405 g/mol. The van der Waals surface area contributed by atoms with Crippen molar-refractivity contribution in [3.05, 3.63) is 71.4 Å². The highest BCUT2D eigenvalue weighted by molar-refractivity contribution is 6.30. The van der Waals surface area contributed by atoms with Crippen LogP contribution in [0.2, 0.25) is 5.02 Å². The van der Waals surface area contributed by atoms with Gasteiger partial charge >= 0.3 is 12.2 Å². The molecule has 5 nitrogen and oxygen atoms in total. The van der Waals surface area contributed by atoms with Crippen molar-refractivity contribution in [3.63, 3.8) is 0 Å². The van der Waals surface area contributed by atoms with Gasteiger partial charge in [-0.1, -0.05) is 23.7 Å². The van der Waals surface area contributed by atoms with E-state index in [9.17, 15) is 18.0 Å². The molecule has 0 saturated heterocycles. The second-order valence-electron chi connectivity index (χ2n) is 6.31. The summed E-state index contributed by atoms with van der Waals surface area (Å²) in [7, 11) is 3.06. The minimum Gasteiger partial charge on any atom is -0.330 e. The van der Waals surface area contributed by atoms with E-state index >= 15 is 0 Å². The highest BCUT2D eigenvalue weighted by Crippen LogP contribution is 2.32. The van der Waals surface area contributed by atoms with E-state index in [0.29, 0.717) is 16.3 Å². The van der Waals surface area contributed by atoms with Crippen LogP contribution in [0.15, 0.2) is 60.8 Å². The molecule has 0 aliphatic rings. The maximum absolute atomic E-state index is 12.9. The summed E-state index contributed by atoms with van der Waals surface area (Å²) >= 11 is 6.03. The predicted octanol–water partition coefficient (Wildman–Crippen LogP) is 5.64. The van der Waals surface area contributed by atoms with Crippen LogP contribution in [0.1, 0.15) is 5.56 Å². The Labute approximate surface area is 170 Å². The highest BCUT2D eigenvalue weighted by atomic mass is 35.5. The summed E-state index contributed by atoms with van der Waals surface area (Å²) in [6.45, 7) is 0. The van der Waals surface area contributed by atoms with Crippen molar-refractivity contribution >= 4 is 29.3 Å². The van der Waals surface area contributed by atoms with Gasteiger partial charge in [-0.2, -0.15) is 13.2 Å². The van der Waals surface area contributed by atoms with E-state index in [1.54, 1.807) is 30.3 Å². The van der Waals surface area contributed by atoms with E-state index in [0.717, 1.165) is 17.0 Å². The third-order valence-corrected chi connectivity index (χ3v) is 4.23. The van der Waals surface area contributed by atoms with Crippen molar-refractivity contribution in [3.8, 4) is 11.3 Å². The first kappa shape index (κ1) is 20.6. The summed E-state index contributed by atoms with van der Waals surface area (Å²) in [4.78, 5) is 23.8. The van der Waals surface area contributed by atoms with Crippen LogP contribution < -0.4 is 4.90 Å². The molecule has 9 heteroatoms. The summed E-state index contributed by atoms with van der Waals surface area (Å²) in [5.41, 5.74) is 0.624. The molecule has 0 bridgehead atoms. The number of anilines is 2. The Kier molecular flexibility index (Phi) is 5.74. The number of carbonyl (C=O) groups excluding carboxylic acids is 1. The molecule has 0 spiro atoms. The Hall–Kier alpha value is -3.13. The molecular formula is C20H16ClF3N4O. The SMILES string of the molecule is CN(C)C(=O)N(c1ccc(C(F)(F)F)cc1)c1nccc(-c2cccc(Cl)c2)n1. The molecule has 1 heterocycles. The number of amides is 2. The van der Waals surface area contributed by atoms with Gasteiger partial charge in [0.2, 0.25) is 5.95 Å². The Morgan fingerprint density at radius 2 is 1.72 bits per heavy atom. The number of nitrogens with zero attached hydrogens (tertiary/aromatic N) is 4. The fourth-order valence-electron chi connectivity index (χ4n) is 2.58. The second-order valence-corrected chi connectivity index (χ2v) is 6.75. The van der Waals surface area contributed by atoms with Crippen molar-refractivity contribution in [2.75, 3.05) is 19.0 Å². The Balaban J connectivity index is 2.06. The Bertz CT molecular complexity index is 1020. The average molecular weight is 421 g/mol. The van der Waals surface area contributed by atoms with Gasteiger partial charge in [-0.25, -0.2) is 19.7 Å². The lowest BCUT2D eigenvalue weighted by atomic mass is 10.1. The number of aromatic nitrogens is 2. The molecule has 1 aromatic heterocycles. The summed E-state index contributed by atoms with van der Waals surface area (Å²) in [6.07, 6.45) is -3.00. The topological polar surface area (TPSA) is 49.3 Å². The fraction of sp³-hybridized carbons (Fsp3) is 0.150. The van der Waals surface area contributed by atoms with E-state index < -0.39 is 17.8 Å². The smallest absolute Gasteiger partial charge is 0.330 e. The molecule has 0 N–H and O–H groups in total. The lowest BCUT2D eigenvalue weighted by Gasteiger charge is -2.25. The normalized spacial score (nSPS) is 11.2. The molecule has 0 radical (unpaired) electrons. The standard InChI is InChI=1S/C20H16ClF3N4O/c1-27(2)19(29)28(16-8-6-14(7-9-16)20(22,23)24)18-25-11-10-17(26-18)13-4-3-5-15(21)12-13/h3-12H,1-2H3. The van der Waals surface area contributed by atoms with E-state index in [2.05, 4.69) is 9.97 Å². The monoisotopic (exact) mass is 420 g/mol. The second kappa shape index (κ2) is 8.08. The van der Waals surface area contributed by atoms with Gasteiger partial charge in [0.25, 0.3) is 0 Å². The van der Waals surface area contributed by atoms with Crippen LogP contribution >= 0.6 is 11.6 Å². The number of carbonyl (C=O) groups is 1. The van der Waals surface area contributed by atoms with Crippen LogP contribution in [0.25, 0.3) is 11.3 Å². The average Bonchev–Trinajstić information content (AvgIpc) is 2.68. The molecule has 2 amide bonds. The van der Waals surface area contributed by atoms with Crippen molar-refractivity contribution < 1.29 is 18.0 Å². The first-order valence-corrected chi connectivity index (χ1v) is 8.82. The molecule has 0 unspecified atom stereocenters. The van der Waals surface area contributed by atoms with Crippen LogP contribution in [0.4, 0.5) is 29.6 Å². The number of hydrogen-bond donors (Lipinski definition) is 0. The van der Waals surface area contributed by atoms with Crippen molar-refractivity contribution in [1.29, 1.82) is 0 Å². The minimum absolute atomic E-state index is 0.0286. The van der Waals surface area contributed by atoms with Crippen LogP contribution in [-0.4, -0.2) is 35.0 Å². The number of benzene rings is 2. The molecule has 0 fully saturated rings. The maximum atomic E-state index is 12.9. The zero-order valence-corrected chi connectivity index (χ0v) is 16.2. The van der Waals surface area contributed by atoms with Gasteiger partial charge in [-0.05, 0) is 42.5 Å². The molecule has 3 rings (SSSR count). The van der Waals surface area contributed by atoms with Gasteiger partial charge in [-0.15, -0.1) is 0 Å². The first-order valence-electron chi connectivity index (χ1n) is 8.44. The molecule has 150 valence electrons. The lowest BCUT2D eigenvalue weighted by Crippen LogP contribution is -2.37. The van der Waals surface area contributed by atoms with Crippen LogP contribution in [0.3, 0.4) is 0 Å². The molecule has 0 aliphatic heterocycles. The highest BCUT2D eigenvalue weighted by Gasteiger charge is 2.31. The summed E-state index contributed by atoms with van der Waals surface area (Å²) < 4.78 is 38.6. The number of rotatable bonds is 3. The van der Waals surface area contributed by atoms with Crippen molar-refractivity contribution in [1.82, 2.24) is 14.9 Å². The Morgan fingerprint density at radius 1 is 1.03 bits per heavy atom. The zero-order chi connectivity index (χ0) is 21.2. The van der Waals surface area contributed by atoms with Crippen molar-refractivity contribution in [2.24, 2.45) is 0 Å². The fourth-order valence-corrected chi connectivity index (χ4v) is 2.77. The number of urea groups is 1. The van der Waals surface area contributed by atoms with Crippen LogP contribution in [0, 0.1) is 0 Å². The third-order valence-electron chi connectivity index (χ3n) is 3.99. The van der Waals surface area contributed by atoms with E-state index in [1.165, 1.54) is 37.3 Å². The van der Waals surface area contributed by atoms with E-state index in [1.807, 2.05) is 0 Å². The van der Waals surface area contributed by atoms with E-state index in [4.69, 9.17) is 11.6 Å². The number of hydrogen-bond acceptors (Lipinski definition) is 3. The lowest BCUT2D eigenvalue weighted by molar-refractivity contribution is -0.137. The number of halogens is 4. The summed E-state index contributed by atoms with van der Waals surface area (Å²) in [5.74, 6) is 0.0286. The molecule has 0 saturated carbocycles. The minimum atomic E-state index is -4.47. The summed E-state index contributed by atoms with van der Waals surface area (Å²) in [5, 5.41) is 0.520. The molecule has 3 aromatic rings. The molecule has 29 heavy (non-hydrogen) atoms. The predicted molar refractivity (Wildman–Crippen MR) is 105 cm³/mol. The van der Waals surface area contributed by atoms with Crippen molar-refractivity contribution in [2.45, 2.75) is 6.18 Å². The Morgan fingerprint density at radius 3 is 2.31 bits per heavy atom. The number of alkyl halides is 3. The van der Waals surface area contributed by atoms with E-state index in [-0.39, 0.29) is 11.6 Å². The largest absolute Gasteiger partial charge is 0.416 e. The zero-order valence-electron chi connectivity index (χ0n) is 15.5. The van der Waals surface area contributed by atoms with Gasteiger partial charge in [0.05, 0.1) is 16.9 Å². The molecule has 2 aromatic carbocycles. The first-order chi connectivity index (χ1) is 13.7. The quantitative estimate of drug-likeness (QED) is 0.551. The van der Waals surface area contributed by atoms with Gasteiger partial charge in [0.15, 0.2) is 0 Å². The third kappa shape index (κ3) is 4.65. The maximum Gasteiger partial charge on any atom is 0.416 e. The van der Waals surface area contributed by atoms with Crippen LogP contribution in [-0.2, 0) is 6.18 Å². The van der Waals surface area contributed by atoms with Crippen LogP contribution in [0.5, 0.6) is 0 Å². The summed E-state index contributed by atoms with van der Waals surface area (Å²) in [6, 6.07) is 12.4. The van der Waals surface area contributed by atoms with Gasteiger partial charge in [0.1, 0.15) is 0 Å². The molecule has 0 aliphatic carbocycles.